The van der Waals surface area contributed by atoms with Crippen LogP contribution >= 0.6 is 0 Å². The van der Waals surface area contributed by atoms with E-state index in [0.717, 1.165) is 25.9 Å². The monoisotopic (exact) mass is 184 g/mol. The minimum absolute atomic E-state index is 0.175. The van der Waals surface area contributed by atoms with E-state index in [0.29, 0.717) is 13.2 Å². The first-order valence-corrected chi connectivity index (χ1v) is 4.95. The molecule has 0 radical (unpaired) electrons. The number of carbonyl (C=O) groups excluding carboxylic acids is 1. The third-order valence-corrected chi connectivity index (χ3v) is 2.65. The summed E-state index contributed by atoms with van der Waals surface area (Å²) >= 11 is 0. The smallest absolute Gasteiger partial charge is 0.224 e. The van der Waals surface area contributed by atoms with Gasteiger partial charge >= 0.3 is 0 Å². The molecule has 2 heterocycles. The highest BCUT2D eigenvalue weighted by Crippen LogP contribution is 2.11. The summed E-state index contributed by atoms with van der Waals surface area (Å²) < 4.78 is 4.99. The average Bonchev–Trinajstić information content (AvgIpc) is 2.12. The molecule has 2 N–H and O–H groups in total. The Balaban J connectivity index is 1.74. The summed E-state index contributed by atoms with van der Waals surface area (Å²) in [5.74, 6) is 0.370. The summed E-state index contributed by atoms with van der Waals surface area (Å²) in [5, 5.41) is 6.22. The molecule has 2 aliphatic heterocycles. The molecule has 0 aromatic carbocycles. The van der Waals surface area contributed by atoms with Crippen LogP contribution in [0.15, 0.2) is 0 Å². The molecule has 2 saturated heterocycles. The zero-order valence-electron chi connectivity index (χ0n) is 7.71. The molecule has 4 nitrogen and oxygen atoms in total. The number of piperidine rings is 1. The van der Waals surface area contributed by atoms with Gasteiger partial charge in [-0.3, -0.25) is 4.79 Å². The summed E-state index contributed by atoms with van der Waals surface area (Å²) in [7, 11) is 0. The lowest BCUT2D eigenvalue weighted by Crippen LogP contribution is -2.52. The van der Waals surface area contributed by atoms with Crippen LogP contribution < -0.4 is 10.6 Å². The predicted molar refractivity (Wildman–Crippen MR) is 48.3 cm³/mol. The normalized spacial score (nSPS) is 29.4. The third kappa shape index (κ3) is 2.19. The van der Waals surface area contributed by atoms with Crippen LogP contribution in [0.25, 0.3) is 0 Å². The van der Waals surface area contributed by atoms with E-state index in [2.05, 4.69) is 10.6 Å². The Morgan fingerprint density at radius 1 is 1.46 bits per heavy atom. The van der Waals surface area contributed by atoms with Crippen molar-refractivity contribution in [1.82, 2.24) is 10.6 Å². The largest absolute Gasteiger partial charge is 0.377 e. The molecule has 0 bridgehead atoms. The van der Waals surface area contributed by atoms with Gasteiger partial charge in [-0.2, -0.15) is 0 Å². The zero-order valence-corrected chi connectivity index (χ0v) is 7.71. The van der Waals surface area contributed by atoms with Gasteiger partial charge in [-0.15, -0.1) is 0 Å². The highest BCUT2D eigenvalue weighted by Gasteiger charge is 2.26. The number of carbonyl (C=O) groups is 1. The highest BCUT2D eigenvalue weighted by atomic mass is 16.5. The van der Waals surface area contributed by atoms with Crippen LogP contribution in [0.1, 0.15) is 12.8 Å². The van der Waals surface area contributed by atoms with Crippen LogP contribution in [0.2, 0.25) is 0 Å². The second kappa shape index (κ2) is 4.07. The molecule has 1 amide bonds. The van der Waals surface area contributed by atoms with E-state index in [1.54, 1.807) is 0 Å². The Morgan fingerprint density at radius 3 is 2.85 bits per heavy atom. The second-order valence-electron chi connectivity index (χ2n) is 3.79. The number of ether oxygens (including phenoxy) is 1. The van der Waals surface area contributed by atoms with Crippen molar-refractivity contribution >= 4 is 5.91 Å². The van der Waals surface area contributed by atoms with Crippen molar-refractivity contribution in [2.75, 3.05) is 26.3 Å². The summed E-state index contributed by atoms with van der Waals surface area (Å²) in [6.45, 7) is 3.26. The fourth-order valence-electron chi connectivity index (χ4n) is 1.71. The van der Waals surface area contributed by atoms with Crippen molar-refractivity contribution in [3.63, 3.8) is 0 Å². The van der Waals surface area contributed by atoms with E-state index in [1.165, 1.54) is 0 Å². The SMILES string of the molecule is O=C(NC1COC1)C1CCCNC1. The fraction of sp³-hybridized carbons (Fsp3) is 0.889. The molecule has 2 aliphatic rings. The molecule has 1 unspecified atom stereocenters. The van der Waals surface area contributed by atoms with E-state index in [9.17, 15) is 4.79 Å². The first-order chi connectivity index (χ1) is 6.36. The molecule has 0 aliphatic carbocycles. The molecule has 0 aromatic heterocycles. The fourth-order valence-corrected chi connectivity index (χ4v) is 1.71. The summed E-state index contributed by atoms with van der Waals surface area (Å²) in [4.78, 5) is 11.6. The van der Waals surface area contributed by atoms with Crippen molar-refractivity contribution in [1.29, 1.82) is 0 Å². The predicted octanol–water partition coefficient (Wildman–Crippen LogP) is -0.499. The van der Waals surface area contributed by atoms with E-state index in [-0.39, 0.29) is 17.9 Å². The zero-order chi connectivity index (χ0) is 9.10. The van der Waals surface area contributed by atoms with Crippen LogP contribution in [0.3, 0.4) is 0 Å². The lowest BCUT2D eigenvalue weighted by Gasteiger charge is -2.30. The van der Waals surface area contributed by atoms with Crippen molar-refractivity contribution in [3.8, 4) is 0 Å². The number of hydrogen-bond donors (Lipinski definition) is 2. The van der Waals surface area contributed by atoms with Crippen LogP contribution in [-0.2, 0) is 9.53 Å². The van der Waals surface area contributed by atoms with Crippen molar-refractivity contribution in [3.05, 3.63) is 0 Å². The Morgan fingerprint density at radius 2 is 2.31 bits per heavy atom. The Bertz CT molecular complexity index is 186. The minimum atomic E-state index is 0.175. The number of nitrogens with one attached hydrogen (secondary N) is 2. The molecule has 0 saturated carbocycles. The van der Waals surface area contributed by atoms with Gasteiger partial charge in [0.25, 0.3) is 0 Å². The Labute approximate surface area is 78.0 Å². The van der Waals surface area contributed by atoms with Crippen LogP contribution in [0.4, 0.5) is 0 Å². The summed E-state index contributed by atoms with van der Waals surface area (Å²) in [6, 6.07) is 0.273. The van der Waals surface area contributed by atoms with Crippen molar-refractivity contribution in [2.45, 2.75) is 18.9 Å². The molecule has 74 valence electrons. The standard InChI is InChI=1S/C9H16N2O2/c12-9(11-8-5-13-6-8)7-2-1-3-10-4-7/h7-8,10H,1-6H2,(H,11,12). The molecule has 0 aromatic rings. The lowest BCUT2D eigenvalue weighted by molar-refractivity contribution is -0.129. The quantitative estimate of drug-likeness (QED) is 0.608. The maximum atomic E-state index is 11.6. The lowest BCUT2D eigenvalue weighted by atomic mass is 9.98. The van der Waals surface area contributed by atoms with Gasteiger partial charge in [-0.25, -0.2) is 0 Å². The van der Waals surface area contributed by atoms with Crippen LogP contribution in [-0.4, -0.2) is 38.3 Å². The van der Waals surface area contributed by atoms with Gasteiger partial charge in [0, 0.05) is 6.54 Å². The Hall–Kier alpha value is -0.610. The van der Waals surface area contributed by atoms with E-state index < -0.39 is 0 Å². The highest BCUT2D eigenvalue weighted by molar-refractivity contribution is 5.79. The van der Waals surface area contributed by atoms with Gasteiger partial charge in [0.1, 0.15) is 0 Å². The average molecular weight is 184 g/mol. The Kier molecular flexibility index (Phi) is 2.80. The maximum Gasteiger partial charge on any atom is 0.224 e. The van der Waals surface area contributed by atoms with Crippen LogP contribution in [0.5, 0.6) is 0 Å². The topological polar surface area (TPSA) is 50.4 Å². The van der Waals surface area contributed by atoms with E-state index in [1.807, 2.05) is 0 Å². The summed E-state index contributed by atoms with van der Waals surface area (Å²) in [6.07, 6.45) is 2.13. The number of rotatable bonds is 2. The summed E-state index contributed by atoms with van der Waals surface area (Å²) in [5.41, 5.74) is 0. The van der Waals surface area contributed by atoms with Crippen LogP contribution in [0, 0.1) is 5.92 Å². The first-order valence-electron chi connectivity index (χ1n) is 4.95. The molecule has 2 rings (SSSR count). The molecule has 0 spiro atoms. The van der Waals surface area contributed by atoms with Gasteiger partial charge < -0.3 is 15.4 Å². The van der Waals surface area contributed by atoms with Gasteiger partial charge in [-0.1, -0.05) is 0 Å². The molecule has 2 fully saturated rings. The second-order valence-corrected chi connectivity index (χ2v) is 3.79. The maximum absolute atomic E-state index is 11.6. The molecule has 4 heteroatoms. The third-order valence-electron chi connectivity index (χ3n) is 2.65. The number of amides is 1. The molecule has 1 atom stereocenters. The molecular formula is C9H16N2O2. The van der Waals surface area contributed by atoms with Gasteiger partial charge in [0.2, 0.25) is 5.91 Å². The van der Waals surface area contributed by atoms with Gasteiger partial charge in [-0.05, 0) is 19.4 Å². The van der Waals surface area contributed by atoms with Crippen molar-refractivity contribution < 1.29 is 9.53 Å². The molecule has 13 heavy (non-hydrogen) atoms. The van der Waals surface area contributed by atoms with Gasteiger partial charge in [0.15, 0.2) is 0 Å². The van der Waals surface area contributed by atoms with Crippen molar-refractivity contribution in [2.24, 2.45) is 5.92 Å². The number of hydrogen-bond acceptors (Lipinski definition) is 3. The van der Waals surface area contributed by atoms with E-state index in [4.69, 9.17) is 4.74 Å². The molecular weight excluding hydrogens is 168 g/mol. The first kappa shape index (κ1) is 8.97. The minimum Gasteiger partial charge on any atom is -0.377 e. The van der Waals surface area contributed by atoms with E-state index >= 15 is 0 Å². The van der Waals surface area contributed by atoms with Gasteiger partial charge in [0.05, 0.1) is 25.2 Å².